The Morgan fingerprint density at radius 3 is 2.64 bits per heavy atom. The summed E-state index contributed by atoms with van der Waals surface area (Å²) in [4.78, 5) is 8.09. The highest BCUT2D eigenvalue weighted by Gasteiger charge is 1.96. The summed E-state index contributed by atoms with van der Waals surface area (Å²) >= 11 is 0. The van der Waals surface area contributed by atoms with Crippen LogP contribution in [0.3, 0.4) is 0 Å². The van der Waals surface area contributed by atoms with Gasteiger partial charge in [0.05, 0.1) is 5.69 Å². The third kappa shape index (κ3) is 2.07. The monoisotopic (exact) mass is 185 g/mol. The van der Waals surface area contributed by atoms with Crippen molar-refractivity contribution in [2.75, 3.05) is 5.73 Å². The molecule has 2 aromatic rings. The van der Waals surface area contributed by atoms with Crippen LogP contribution in [0.5, 0.6) is 0 Å². The van der Waals surface area contributed by atoms with Gasteiger partial charge in [-0.2, -0.15) is 0 Å². The van der Waals surface area contributed by atoms with Gasteiger partial charge in [-0.05, 0) is 23.3 Å². The number of hydrogen-bond donors (Lipinski definition) is 1. The van der Waals surface area contributed by atoms with Gasteiger partial charge in [-0.1, -0.05) is 6.07 Å². The Hall–Kier alpha value is -1.90. The zero-order valence-electron chi connectivity index (χ0n) is 7.72. The van der Waals surface area contributed by atoms with Crippen molar-refractivity contribution in [2.24, 2.45) is 0 Å². The Morgan fingerprint density at radius 2 is 1.93 bits per heavy atom. The first-order valence-corrected chi connectivity index (χ1v) is 4.43. The van der Waals surface area contributed by atoms with Gasteiger partial charge >= 0.3 is 0 Å². The SMILES string of the molecule is Nc1cncc(Cc2cccnc2)c1. The summed E-state index contributed by atoms with van der Waals surface area (Å²) in [6, 6.07) is 5.89. The molecule has 0 saturated carbocycles. The molecule has 0 radical (unpaired) electrons. The fraction of sp³-hybridized carbons (Fsp3) is 0.0909. The van der Waals surface area contributed by atoms with Crippen molar-refractivity contribution in [3.8, 4) is 0 Å². The fourth-order valence-corrected chi connectivity index (χ4v) is 1.34. The fourth-order valence-electron chi connectivity index (χ4n) is 1.34. The zero-order chi connectivity index (χ0) is 9.80. The molecule has 3 nitrogen and oxygen atoms in total. The summed E-state index contributed by atoms with van der Waals surface area (Å²) < 4.78 is 0. The lowest BCUT2D eigenvalue weighted by molar-refractivity contribution is 1.12. The van der Waals surface area contributed by atoms with Crippen LogP contribution in [0.1, 0.15) is 11.1 Å². The minimum absolute atomic E-state index is 0.700. The van der Waals surface area contributed by atoms with Crippen LogP contribution in [-0.2, 0) is 6.42 Å². The standard InChI is InChI=1S/C11H11N3/c12-11-5-10(7-14-8-11)4-9-2-1-3-13-6-9/h1-3,5-8H,4,12H2. The van der Waals surface area contributed by atoms with Crippen molar-refractivity contribution >= 4 is 5.69 Å². The average molecular weight is 185 g/mol. The summed E-state index contributed by atoms with van der Waals surface area (Å²) in [5, 5.41) is 0. The summed E-state index contributed by atoms with van der Waals surface area (Å²) in [5.41, 5.74) is 8.61. The molecule has 2 rings (SSSR count). The molecular weight excluding hydrogens is 174 g/mol. The van der Waals surface area contributed by atoms with Crippen LogP contribution in [-0.4, -0.2) is 9.97 Å². The molecule has 2 heterocycles. The predicted molar refractivity (Wildman–Crippen MR) is 55.7 cm³/mol. The largest absolute Gasteiger partial charge is 0.397 e. The molecule has 0 aliphatic heterocycles. The molecule has 2 aromatic heterocycles. The Labute approximate surface area is 82.6 Å². The quantitative estimate of drug-likeness (QED) is 0.774. The number of pyridine rings is 2. The molecular formula is C11H11N3. The number of nitrogens with zero attached hydrogens (tertiary/aromatic N) is 2. The van der Waals surface area contributed by atoms with E-state index in [2.05, 4.69) is 9.97 Å². The molecule has 0 aliphatic rings. The van der Waals surface area contributed by atoms with E-state index in [1.807, 2.05) is 30.6 Å². The predicted octanol–water partition coefficient (Wildman–Crippen LogP) is 1.65. The van der Waals surface area contributed by atoms with E-state index in [0.717, 1.165) is 12.0 Å². The Balaban J connectivity index is 2.19. The van der Waals surface area contributed by atoms with E-state index in [1.165, 1.54) is 5.56 Å². The number of hydrogen-bond acceptors (Lipinski definition) is 3. The van der Waals surface area contributed by atoms with Crippen LogP contribution in [0.25, 0.3) is 0 Å². The number of rotatable bonds is 2. The lowest BCUT2D eigenvalue weighted by Gasteiger charge is -2.01. The van der Waals surface area contributed by atoms with E-state index in [0.29, 0.717) is 5.69 Å². The van der Waals surface area contributed by atoms with Crippen molar-refractivity contribution in [1.29, 1.82) is 0 Å². The van der Waals surface area contributed by atoms with Crippen LogP contribution >= 0.6 is 0 Å². The third-order valence-corrected chi connectivity index (χ3v) is 1.95. The number of anilines is 1. The molecule has 0 aliphatic carbocycles. The Kier molecular flexibility index (Phi) is 2.40. The van der Waals surface area contributed by atoms with Gasteiger partial charge in [0.15, 0.2) is 0 Å². The number of nitrogen functional groups attached to an aromatic ring is 1. The van der Waals surface area contributed by atoms with Crippen molar-refractivity contribution in [3.63, 3.8) is 0 Å². The molecule has 14 heavy (non-hydrogen) atoms. The maximum atomic E-state index is 5.63. The van der Waals surface area contributed by atoms with E-state index in [4.69, 9.17) is 5.73 Å². The van der Waals surface area contributed by atoms with Crippen LogP contribution in [0.15, 0.2) is 43.0 Å². The second kappa shape index (κ2) is 3.87. The topological polar surface area (TPSA) is 51.8 Å². The molecule has 3 heteroatoms. The smallest absolute Gasteiger partial charge is 0.0503 e. The Morgan fingerprint density at radius 1 is 1.07 bits per heavy atom. The summed E-state index contributed by atoms with van der Waals surface area (Å²) in [6.45, 7) is 0. The minimum Gasteiger partial charge on any atom is -0.397 e. The van der Waals surface area contributed by atoms with Crippen molar-refractivity contribution < 1.29 is 0 Å². The lowest BCUT2D eigenvalue weighted by Crippen LogP contribution is -1.92. The molecule has 0 spiro atoms. The Bertz CT molecular complexity index is 412. The molecule has 0 unspecified atom stereocenters. The highest BCUT2D eigenvalue weighted by atomic mass is 14.7. The molecule has 0 amide bonds. The molecule has 0 fully saturated rings. The van der Waals surface area contributed by atoms with Crippen molar-refractivity contribution in [2.45, 2.75) is 6.42 Å². The van der Waals surface area contributed by atoms with Gasteiger partial charge in [0.1, 0.15) is 0 Å². The van der Waals surface area contributed by atoms with E-state index in [-0.39, 0.29) is 0 Å². The number of nitrogens with two attached hydrogens (primary N) is 1. The van der Waals surface area contributed by atoms with E-state index in [9.17, 15) is 0 Å². The van der Waals surface area contributed by atoms with Gasteiger partial charge in [-0.15, -0.1) is 0 Å². The third-order valence-electron chi connectivity index (χ3n) is 1.95. The maximum Gasteiger partial charge on any atom is 0.0503 e. The van der Waals surface area contributed by atoms with Crippen LogP contribution in [0.2, 0.25) is 0 Å². The first kappa shape index (κ1) is 8.69. The zero-order valence-corrected chi connectivity index (χ0v) is 7.72. The van der Waals surface area contributed by atoms with Crippen LogP contribution in [0.4, 0.5) is 5.69 Å². The minimum atomic E-state index is 0.700. The highest BCUT2D eigenvalue weighted by molar-refractivity contribution is 5.38. The molecule has 0 bridgehead atoms. The summed E-state index contributed by atoms with van der Waals surface area (Å²) in [7, 11) is 0. The molecule has 2 N–H and O–H groups in total. The van der Waals surface area contributed by atoms with E-state index >= 15 is 0 Å². The van der Waals surface area contributed by atoms with Gasteiger partial charge in [-0.3, -0.25) is 9.97 Å². The summed E-state index contributed by atoms with van der Waals surface area (Å²) in [6.07, 6.45) is 7.91. The first-order valence-electron chi connectivity index (χ1n) is 4.43. The molecule has 0 aromatic carbocycles. The van der Waals surface area contributed by atoms with Crippen LogP contribution < -0.4 is 5.73 Å². The van der Waals surface area contributed by atoms with Crippen LogP contribution in [0, 0.1) is 0 Å². The van der Waals surface area contributed by atoms with Gasteiger partial charge in [-0.25, -0.2) is 0 Å². The second-order valence-corrected chi connectivity index (χ2v) is 3.16. The molecule has 0 atom stereocenters. The van der Waals surface area contributed by atoms with Gasteiger partial charge in [0, 0.05) is 31.2 Å². The highest BCUT2D eigenvalue weighted by Crippen LogP contribution is 2.09. The maximum absolute atomic E-state index is 5.63. The van der Waals surface area contributed by atoms with Crippen molar-refractivity contribution in [3.05, 3.63) is 54.1 Å². The van der Waals surface area contributed by atoms with E-state index < -0.39 is 0 Å². The lowest BCUT2D eigenvalue weighted by atomic mass is 10.1. The molecule has 0 saturated heterocycles. The van der Waals surface area contributed by atoms with Gasteiger partial charge in [0.25, 0.3) is 0 Å². The molecule has 70 valence electrons. The van der Waals surface area contributed by atoms with Crippen molar-refractivity contribution in [1.82, 2.24) is 9.97 Å². The average Bonchev–Trinajstić information content (AvgIpc) is 2.19. The van der Waals surface area contributed by atoms with E-state index in [1.54, 1.807) is 12.4 Å². The summed E-state index contributed by atoms with van der Waals surface area (Å²) in [5.74, 6) is 0. The second-order valence-electron chi connectivity index (χ2n) is 3.16. The van der Waals surface area contributed by atoms with Gasteiger partial charge < -0.3 is 5.73 Å². The normalized spacial score (nSPS) is 10.0. The first-order chi connectivity index (χ1) is 6.84. The van der Waals surface area contributed by atoms with Gasteiger partial charge in [0.2, 0.25) is 0 Å². The number of aromatic nitrogens is 2.